The average Bonchev–Trinajstić information content (AvgIpc) is 2.51. The highest BCUT2D eigenvalue weighted by atomic mass is 35.5. The van der Waals surface area contributed by atoms with Crippen LogP contribution in [-0.4, -0.2) is 24.2 Å². The Morgan fingerprint density at radius 1 is 1.12 bits per heavy atom. The summed E-state index contributed by atoms with van der Waals surface area (Å²) < 4.78 is 0. The molecule has 4 rings (SSSR count). The van der Waals surface area contributed by atoms with Gasteiger partial charge in [0, 0.05) is 36.1 Å². The minimum absolute atomic E-state index is 0.0154. The molecule has 1 spiro atoms. The molecule has 0 bridgehead atoms. The van der Waals surface area contributed by atoms with Crippen LogP contribution in [0.1, 0.15) is 52.0 Å². The molecule has 2 fully saturated rings. The molecule has 2 heterocycles. The van der Waals surface area contributed by atoms with Crippen LogP contribution in [0.3, 0.4) is 0 Å². The zero-order valence-electron chi connectivity index (χ0n) is 15.3. The van der Waals surface area contributed by atoms with Gasteiger partial charge in [0.05, 0.1) is 0 Å². The van der Waals surface area contributed by atoms with Crippen molar-refractivity contribution >= 4 is 28.9 Å². The molecular weight excluding hydrogens is 334 g/mol. The number of nitrogens with zero attached hydrogens (tertiary/aromatic N) is 1. The van der Waals surface area contributed by atoms with Crippen molar-refractivity contribution in [2.75, 3.05) is 11.4 Å². The summed E-state index contributed by atoms with van der Waals surface area (Å²) in [6, 6.07) is 5.88. The lowest BCUT2D eigenvalue weighted by atomic mass is 9.55. The first-order chi connectivity index (χ1) is 11.7. The van der Waals surface area contributed by atoms with Crippen molar-refractivity contribution in [2.45, 2.75) is 58.9 Å². The zero-order chi connectivity index (χ0) is 18.0. The number of halogens is 1. The van der Waals surface area contributed by atoms with Crippen LogP contribution >= 0.6 is 11.6 Å². The fourth-order valence-corrected chi connectivity index (χ4v) is 5.41. The number of hydrogen-bond donors (Lipinski definition) is 0. The largest absolute Gasteiger partial charge is 0.367 e. The monoisotopic (exact) mass is 359 g/mol. The van der Waals surface area contributed by atoms with Crippen LogP contribution in [0.25, 0.3) is 0 Å². The summed E-state index contributed by atoms with van der Waals surface area (Å²) in [6.07, 6.45) is 3.54. The molecule has 0 aromatic heterocycles. The van der Waals surface area contributed by atoms with Crippen LogP contribution in [0.2, 0.25) is 5.02 Å². The van der Waals surface area contributed by atoms with Crippen molar-refractivity contribution in [1.29, 1.82) is 0 Å². The maximum absolute atomic E-state index is 13.4. The Morgan fingerprint density at radius 2 is 1.80 bits per heavy atom. The van der Waals surface area contributed by atoms with E-state index in [1.165, 1.54) is 0 Å². The molecular formula is C21H26ClNO2. The van der Waals surface area contributed by atoms with E-state index in [1.807, 2.05) is 32.0 Å². The number of carbonyl (C=O) groups is 2. The van der Waals surface area contributed by atoms with Gasteiger partial charge in [-0.3, -0.25) is 9.59 Å². The fourth-order valence-electron chi connectivity index (χ4n) is 5.24. The van der Waals surface area contributed by atoms with Crippen molar-refractivity contribution in [3.8, 4) is 0 Å². The number of Topliss-reactive ketones (excluding diaryl/α,β-unsaturated/α-hetero) is 2. The van der Waals surface area contributed by atoms with Crippen LogP contribution in [0.4, 0.5) is 5.69 Å². The molecule has 25 heavy (non-hydrogen) atoms. The lowest BCUT2D eigenvalue weighted by Crippen LogP contribution is -2.65. The Morgan fingerprint density at radius 3 is 2.48 bits per heavy atom. The molecule has 1 saturated heterocycles. The molecule has 0 amide bonds. The molecule has 1 aromatic rings. The number of anilines is 1. The summed E-state index contributed by atoms with van der Waals surface area (Å²) in [5.74, 6) is 0.839. The summed E-state index contributed by atoms with van der Waals surface area (Å²) in [7, 11) is 0. The highest BCUT2D eigenvalue weighted by molar-refractivity contribution is 6.31. The van der Waals surface area contributed by atoms with Gasteiger partial charge in [0.25, 0.3) is 0 Å². The number of hydrogen-bond acceptors (Lipinski definition) is 3. The Bertz CT molecular complexity index is 734. The number of carbonyl (C=O) groups excluding carboxylic acids is 2. The number of rotatable bonds is 0. The smallest absolute Gasteiger partial charge is 0.149 e. The van der Waals surface area contributed by atoms with Crippen molar-refractivity contribution in [3.05, 3.63) is 28.8 Å². The normalized spacial score (nSPS) is 30.2. The molecule has 1 saturated carbocycles. The highest BCUT2D eigenvalue weighted by Gasteiger charge is 2.60. The predicted molar refractivity (Wildman–Crippen MR) is 100 cm³/mol. The lowest BCUT2D eigenvalue weighted by Gasteiger charge is -2.55. The first-order valence-electron chi connectivity index (χ1n) is 9.35. The molecule has 1 aliphatic carbocycles. The van der Waals surface area contributed by atoms with Crippen molar-refractivity contribution in [2.24, 2.45) is 16.7 Å². The van der Waals surface area contributed by atoms with Gasteiger partial charge >= 0.3 is 0 Å². The average molecular weight is 360 g/mol. The third-order valence-electron chi connectivity index (χ3n) is 6.53. The van der Waals surface area contributed by atoms with Gasteiger partial charge in [-0.05, 0) is 48.3 Å². The number of fused-ring (bicyclic) bond motifs is 4. The second-order valence-electron chi connectivity index (χ2n) is 9.12. The zero-order valence-corrected chi connectivity index (χ0v) is 16.0. The van der Waals surface area contributed by atoms with E-state index in [1.54, 1.807) is 0 Å². The minimum Gasteiger partial charge on any atom is -0.367 e. The van der Waals surface area contributed by atoms with Gasteiger partial charge in [-0.1, -0.05) is 38.4 Å². The first kappa shape index (κ1) is 17.1. The Labute approximate surface area is 154 Å². The second-order valence-corrected chi connectivity index (χ2v) is 9.56. The van der Waals surface area contributed by atoms with Gasteiger partial charge in [0.15, 0.2) is 0 Å². The van der Waals surface area contributed by atoms with E-state index in [4.69, 9.17) is 11.6 Å². The molecule has 3 nitrogen and oxygen atoms in total. The minimum atomic E-state index is -0.856. The number of ketones is 2. The number of benzene rings is 1. The van der Waals surface area contributed by atoms with Crippen LogP contribution in [0.15, 0.2) is 18.2 Å². The van der Waals surface area contributed by atoms with E-state index in [2.05, 4.69) is 11.8 Å². The molecule has 0 unspecified atom stereocenters. The van der Waals surface area contributed by atoms with Crippen molar-refractivity contribution in [1.82, 2.24) is 0 Å². The predicted octanol–water partition coefficient (Wildman–Crippen LogP) is 4.45. The topological polar surface area (TPSA) is 37.4 Å². The maximum Gasteiger partial charge on any atom is 0.149 e. The summed E-state index contributed by atoms with van der Waals surface area (Å²) in [5, 5.41) is 0.717. The van der Waals surface area contributed by atoms with Gasteiger partial charge in [-0.15, -0.1) is 0 Å². The number of piperidine rings is 1. The molecule has 2 aliphatic heterocycles. The van der Waals surface area contributed by atoms with Crippen molar-refractivity contribution in [3.63, 3.8) is 0 Å². The van der Waals surface area contributed by atoms with Gasteiger partial charge in [-0.2, -0.15) is 0 Å². The third-order valence-corrected chi connectivity index (χ3v) is 6.77. The third kappa shape index (κ3) is 2.54. The van der Waals surface area contributed by atoms with E-state index in [0.29, 0.717) is 25.2 Å². The van der Waals surface area contributed by atoms with Gasteiger partial charge in [0.1, 0.15) is 17.0 Å². The van der Waals surface area contributed by atoms with Gasteiger partial charge < -0.3 is 4.90 Å². The van der Waals surface area contributed by atoms with Crippen molar-refractivity contribution < 1.29 is 9.59 Å². The second kappa shape index (κ2) is 5.57. The lowest BCUT2D eigenvalue weighted by molar-refractivity contribution is -0.151. The van der Waals surface area contributed by atoms with Crippen LogP contribution < -0.4 is 4.90 Å². The molecule has 1 aromatic carbocycles. The quantitative estimate of drug-likeness (QED) is 0.642. The van der Waals surface area contributed by atoms with Crippen LogP contribution in [0.5, 0.6) is 0 Å². The molecule has 2 atom stereocenters. The Hall–Kier alpha value is -1.35. The Kier molecular flexibility index (Phi) is 3.81. The summed E-state index contributed by atoms with van der Waals surface area (Å²) in [5.41, 5.74) is 1.15. The maximum atomic E-state index is 13.4. The standard InChI is InChI=1S/C21H26ClNO2/c1-13-6-7-23-16-9-15(22)5-4-14(16)10-21(17(23)8-13)18(24)11-20(2,3)12-19(21)25/h4-5,9,13,17H,6-8,10-12H2,1-3H3/t13-,17-/m0/s1. The fraction of sp³-hybridized carbons (Fsp3) is 0.619. The van der Waals surface area contributed by atoms with E-state index in [-0.39, 0.29) is 23.0 Å². The van der Waals surface area contributed by atoms with E-state index in [9.17, 15) is 9.59 Å². The Balaban J connectivity index is 1.86. The van der Waals surface area contributed by atoms with E-state index >= 15 is 0 Å². The van der Waals surface area contributed by atoms with Gasteiger partial charge in [-0.25, -0.2) is 0 Å². The molecule has 134 valence electrons. The summed E-state index contributed by atoms with van der Waals surface area (Å²) >= 11 is 6.25. The van der Waals surface area contributed by atoms with Gasteiger partial charge in [0.2, 0.25) is 0 Å². The van der Waals surface area contributed by atoms with Crippen LogP contribution in [0, 0.1) is 16.7 Å². The molecule has 0 N–H and O–H groups in total. The molecule has 4 heteroatoms. The SMILES string of the molecule is C[C@H]1CCN2c3cc(Cl)ccc3CC3(C(=O)CC(C)(C)CC3=O)[C@@H]2C1. The van der Waals surface area contributed by atoms with E-state index in [0.717, 1.165) is 35.7 Å². The molecule has 3 aliphatic rings. The van der Waals surface area contributed by atoms with E-state index < -0.39 is 5.41 Å². The van der Waals surface area contributed by atoms with Crippen LogP contribution in [-0.2, 0) is 16.0 Å². The first-order valence-corrected chi connectivity index (χ1v) is 9.72. The molecule has 0 radical (unpaired) electrons. The summed E-state index contributed by atoms with van der Waals surface area (Å²) in [6.45, 7) is 7.20. The summed E-state index contributed by atoms with van der Waals surface area (Å²) in [4.78, 5) is 29.0. The highest BCUT2D eigenvalue weighted by Crippen LogP contribution is 2.52.